The second-order valence-electron chi connectivity index (χ2n) is 5.96. The quantitative estimate of drug-likeness (QED) is 0.756. The van der Waals surface area contributed by atoms with Crippen LogP contribution in [0.4, 0.5) is 0 Å². The predicted molar refractivity (Wildman–Crippen MR) is 94.1 cm³/mol. The van der Waals surface area contributed by atoms with Gasteiger partial charge in [-0.15, -0.1) is 0 Å². The minimum atomic E-state index is -0.266. The van der Waals surface area contributed by atoms with Gasteiger partial charge in [-0.1, -0.05) is 18.2 Å². The van der Waals surface area contributed by atoms with Crippen LogP contribution in [-0.2, 0) is 17.8 Å². The lowest BCUT2D eigenvalue weighted by Gasteiger charge is -2.14. The number of nitrogens with one attached hydrogen (secondary N) is 1. The van der Waals surface area contributed by atoms with E-state index in [1.54, 1.807) is 30.7 Å². The van der Waals surface area contributed by atoms with E-state index in [-0.39, 0.29) is 24.1 Å². The highest BCUT2D eigenvalue weighted by molar-refractivity contribution is 5.83. The average molecular weight is 337 g/mol. The third-order valence-corrected chi connectivity index (χ3v) is 3.89. The average Bonchev–Trinajstić information content (AvgIpc) is 2.60. The Kier molecular flexibility index (Phi) is 4.83. The summed E-state index contributed by atoms with van der Waals surface area (Å²) >= 11 is 0. The standard InChI is InChI=1S/C18H19N5O2/c1-12(9-14-10-19-7-8-20-14)21-17(24)11-23-18(25)16-6-4-3-5-15(16)13(2)22-23/h3-8,10,12H,9,11H2,1-2H3,(H,21,24)/t12-/m1/s1. The van der Waals surface area contributed by atoms with Gasteiger partial charge in [-0.3, -0.25) is 19.6 Å². The van der Waals surface area contributed by atoms with E-state index in [1.807, 2.05) is 26.0 Å². The first-order valence-electron chi connectivity index (χ1n) is 8.05. The van der Waals surface area contributed by atoms with Crippen LogP contribution < -0.4 is 10.9 Å². The summed E-state index contributed by atoms with van der Waals surface area (Å²) in [5, 5.41) is 8.49. The number of hydrogen-bond acceptors (Lipinski definition) is 5. The minimum absolute atomic E-state index is 0.116. The van der Waals surface area contributed by atoms with Gasteiger partial charge >= 0.3 is 0 Å². The van der Waals surface area contributed by atoms with Crippen molar-refractivity contribution in [1.29, 1.82) is 0 Å². The van der Waals surface area contributed by atoms with Gasteiger partial charge in [-0.05, 0) is 19.9 Å². The van der Waals surface area contributed by atoms with Gasteiger partial charge < -0.3 is 5.32 Å². The van der Waals surface area contributed by atoms with Crippen LogP contribution >= 0.6 is 0 Å². The Bertz CT molecular complexity index is 953. The van der Waals surface area contributed by atoms with Gasteiger partial charge in [0.1, 0.15) is 6.54 Å². The molecule has 0 unspecified atom stereocenters. The maximum Gasteiger partial charge on any atom is 0.275 e. The number of rotatable bonds is 5. The number of nitrogens with zero attached hydrogens (tertiary/aromatic N) is 4. The molecule has 0 spiro atoms. The Labute approximate surface area is 144 Å². The van der Waals surface area contributed by atoms with Gasteiger partial charge in [0.15, 0.2) is 0 Å². The summed E-state index contributed by atoms with van der Waals surface area (Å²) in [7, 11) is 0. The Morgan fingerprint density at radius 3 is 2.72 bits per heavy atom. The molecule has 2 aromatic heterocycles. The van der Waals surface area contributed by atoms with Gasteiger partial charge in [0.25, 0.3) is 5.56 Å². The van der Waals surface area contributed by atoms with Gasteiger partial charge in [0, 0.05) is 36.4 Å². The maximum atomic E-state index is 12.5. The fourth-order valence-electron chi connectivity index (χ4n) is 2.77. The van der Waals surface area contributed by atoms with Crippen molar-refractivity contribution in [2.45, 2.75) is 32.9 Å². The van der Waals surface area contributed by atoms with Gasteiger partial charge in [-0.25, -0.2) is 4.68 Å². The molecule has 1 amide bonds. The topological polar surface area (TPSA) is 89.8 Å². The lowest BCUT2D eigenvalue weighted by Crippen LogP contribution is -2.39. The molecule has 1 atom stereocenters. The fraction of sp³-hybridized carbons (Fsp3) is 0.278. The van der Waals surface area contributed by atoms with E-state index < -0.39 is 0 Å². The van der Waals surface area contributed by atoms with E-state index in [0.29, 0.717) is 11.8 Å². The molecule has 0 saturated heterocycles. The molecular weight excluding hydrogens is 318 g/mol. The van der Waals surface area contributed by atoms with Crippen LogP contribution in [-0.4, -0.2) is 31.7 Å². The van der Waals surface area contributed by atoms with E-state index in [4.69, 9.17) is 0 Å². The van der Waals surface area contributed by atoms with Crippen LogP contribution in [0.3, 0.4) is 0 Å². The smallest absolute Gasteiger partial charge is 0.275 e. The number of amides is 1. The summed E-state index contributed by atoms with van der Waals surface area (Å²) in [6.07, 6.45) is 5.46. The van der Waals surface area contributed by atoms with Crippen LogP contribution in [0.2, 0.25) is 0 Å². The zero-order valence-corrected chi connectivity index (χ0v) is 14.1. The third-order valence-electron chi connectivity index (χ3n) is 3.89. The van der Waals surface area contributed by atoms with Crippen LogP contribution in [0.15, 0.2) is 47.7 Å². The summed E-state index contributed by atoms with van der Waals surface area (Å²) in [6.45, 7) is 3.59. The largest absolute Gasteiger partial charge is 0.352 e. The first-order valence-corrected chi connectivity index (χ1v) is 8.05. The molecule has 0 bridgehead atoms. The lowest BCUT2D eigenvalue weighted by atomic mass is 10.1. The Balaban J connectivity index is 1.72. The zero-order valence-electron chi connectivity index (χ0n) is 14.1. The van der Waals surface area contributed by atoms with Crippen molar-refractivity contribution in [2.24, 2.45) is 0 Å². The van der Waals surface area contributed by atoms with E-state index >= 15 is 0 Å². The van der Waals surface area contributed by atoms with Gasteiger partial charge in [0.05, 0.1) is 16.8 Å². The highest BCUT2D eigenvalue weighted by atomic mass is 16.2. The molecule has 3 aromatic rings. The molecule has 0 fully saturated rings. The third kappa shape index (κ3) is 3.88. The second kappa shape index (κ2) is 7.21. The van der Waals surface area contributed by atoms with Crippen LogP contribution in [0.1, 0.15) is 18.3 Å². The van der Waals surface area contributed by atoms with Crippen molar-refractivity contribution in [2.75, 3.05) is 0 Å². The zero-order chi connectivity index (χ0) is 17.8. The molecule has 0 aliphatic carbocycles. The lowest BCUT2D eigenvalue weighted by molar-refractivity contribution is -0.122. The number of benzene rings is 1. The molecule has 7 heteroatoms. The number of hydrogen-bond donors (Lipinski definition) is 1. The van der Waals surface area contributed by atoms with Crippen LogP contribution in [0, 0.1) is 6.92 Å². The molecule has 3 rings (SSSR count). The van der Waals surface area contributed by atoms with E-state index in [1.165, 1.54) is 4.68 Å². The summed E-state index contributed by atoms with van der Waals surface area (Å²) in [6, 6.07) is 7.14. The van der Waals surface area contributed by atoms with E-state index in [0.717, 1.165) is 16.8 Å². The van der Waals surface area contributed by atoms with Crippen molar-refractivity contribution in [1.82, 2.24) is 25.1 Å². The monoisotopic (exact) mass is 337 g/mol. The number of fused-ring (bicyclic) bond motifs is 1. The second-order valence-corrected chi connectivity index (χ2v) is 5.96. The van der Waals surface area contributed by atoms with Crippen molar-refractivity contribution in [3.8, 4) is 0 Å². The number of carbonyl (C=O) groups is 1. The predicted octanol–water partition coefficient (Wildman–Crippen LogP) is 1.24. The summed E-state index contributed by atoms with van der Waals surface area (Å²) < 4.78 is 1.21. The molecule has 0 saturated carbocycles. The van der Waals surface area contributed by atoms with Crippen LogP contribution in [0.25, 0.3) is 10.8 Å². The summed E-state index contributed by atoms with van der Waals surface area (Å²) in [5.74, 6) is -0.263. The highest BCUT2D eigenvalue weighted by Crippen LogP contribution is 2.11. The molecule has 2 heterocycles. The van der Waals surface area contributed by atoms with E-state index in [2.05, 4.69) is 20.4 Å². The molecule has 128 valence electrons. The van der Waals surface area contributed by atoms with Crippen molar-refractivity contribution >= 4 is 16.7 Å². The summed E-state index contributed by atoms with van der Waals surface area (Å²) in [5.41, 5.74) is 1.25. The molecular formula is C18H19N5O2. The molecule has 0 aliphatic rings. The fourth-order valence-corrected chi connectivity index (χ4v) is 2.77. The summed E-state index contributed by atoms with van der Waals surface area (Å²) in [4.78, 5) is 33.0. The molecule has 0 radical (unpaired) electrons. The maximum absolute atomic E-state index is 12.5. The SMILES string of the molecule is Cc1nn(CC(=O)N[C@H](C)Cc2cnccn2)c(=O)c2ccccc12. The number of carbonyl (C=O) groups excluding carboxylic acids is 1. The molecule has 7 nitrogen and oxygen atoms in total. The molecule has 0 aliphatic heterocycles. The first kappa shape index (κ1) is 16.8. The van der Waals surface area contributed by atoms with Crippen molar-refractivity contribution in [3.63, 3.8) is 0 Å². The minimum Gasteiger partial charge on any atom is -0.352 e. The Hall–Kier alpha value is -3.09. The Morgan fingerprint density at radius 1 is 1.24 bits per heavy atom. The molecule has 1 aromatic carbocycles. The Morgan fingerprint density at radius 2 is 2.00 bits per heavy atom. The number of aryl methyl sites for hydroxylation is 1. The molecule has 1 N–H and O–H groups in total. The highest BCUT2D eigenvalue weighted by Gasteiger charge is 2.13. The van der Waals surface area contributed by atoms with Crippen LogP contribution in [0.5, 0.6) is 0 Å². The number of aromatic nitrogens is 4. The normalized spacial score (nSPS) is 12.1. The van der Waals surface area contributed by atoms with Crippen molar-refractivity contribution in [3.05, 3.63) is 64.6 Å². The first-order chi connectivity index (χ1) is 12.0. The van der Waals surface area contributed by atoms with Gasteiger partial charge in [-0.2, -0.15) is 5.10 Å². The van der Waals surface area contributed by atoms with Gasteiger partial charge in [0.2, 0.25) is 5.91 Å². The molecule has 25 heavy (non-hydrogen) atoms. The van der Waals surface area contributed by atoms with E-state index in [9.17, 15) is 9.59 Å². The van der Waals surface area contributed by atoms with Crippen molar-refractivity contribution < 1.29 is 4.79 Å².